The molecule has 0 bridgehead atoms. The molecule has 2 aromatic rings. The van der Waals surface area contributed by atoms with Crippen LogP contribution in [0.1, 0.15) is 49.7 Å². The second-order valence-corrected chi connectivity index (χ2v) is 6.36. The lowest BCUT2D eigenvalue weighted by Crippen LogP contribution is -2.24. The summed E-state index contributed by atoms with van der Waals surface area (Å²) in [6, 6.07) is 0. The molecule has 0 unspecified atom stereocenters. The van der Waals surface area contributed by atoms with Crippen molar-refractivity contribution >= 4 is 22.6 Å². The lowest BCUT2D eigenvalue weighted by Gasteiger charge is -2.13. The SMILES string of the molecule is CCCN1Cc2nc3c(cnn3CCC(C)C)c(N)c2C1=O. The average molecular weight is 301 g/mol. The summed E-state index contributed by atoms with van der Waals surface area (Å²) >= 11 is 0. The molecule has 3 rings (SSSR count). The van der Waals surface area contributed by atoms with E-state index in [0.717, 1.165) is 42.7 Å². The first-order valence-electron chi connectivity index (χ1n) is 7.96. The Balaban J connectivity index is 2.02. The van der Waals surface area contributed by atoms with Gasteiger partial charge in [-0.2, -0.15) is 5.10 Å². The van der Waals surface area contributed by atoms with Crippen LogP contribution < -0.4 is 5.73 Å². The number of nitrogens with two attached hydrogens (primary N) is 1. The molecule has 0 aromatic carbocycles. The number of nitrogens with zero attached hydrogens (tertiary/aromatic N) is 4. The summed E-state index contributed by atoms with van der Waals surface area (Å²) in [5, 5.41) is 5.18. The standard InChI is InChI=1S/C16H23N5O/c1-4-6-20-9-12-13(16(20)22)14(17)11-8-18-21(15(11)19-12)7-5-10(2)3/h8,10H,4-7,9H2,1-3H3,(H2,17,19). The summed E-state index contributed by atoms with van der Waals surface area (Å²) in [7, 11) is 0. The second-order valence-electron chi connectivity index (χ2n) is 6.36. The number of aryl methyl sites for hydroxylation is 1. The van der Waals surface area contributed by atoms with Crippen LogP contribution in [0.15, 0.2) is 6.20 Å². The Labute approximate surface area is 130 Å². The topological polar surface area (TPSA) is 77.0 Å². The van der Waals surface area contributed by atoms with Crippen LogP contribution in [0, 0.1) is 5.92 Å². The largest absolute Gasteiger partial charge is 0.397 e. The van der Waals surface area contributed by atoms with E-state index in [1.165, 1.54) is 0 Å². The van der Waals surface area contributed by atoms with Crippen LogP contribution in [0.4, 0.5) is 5.69 Å². The minimum absolute atomic E-state index is 0.00122. The lowest BCUT2D eigenvalue weighted by molar-refractivity contribution is 0.0779. The number of pyridine rings is 1. The molecular formula is C16H23N5O. The van der Waals surface area contributed by atoms with Gasteiger partial charge in [0.05, 0.1) is 35.1 Å². The van der Waals surface area contributed by atoms with Crippen molar-refractivity contribution in [3.63, 3.8) is 0 Å². The number of hydrogen-bond acceptors (Lipinski definition) is 4. The number of carbonyl (C=O) groups is 1. The van der Waals surface area contributed by atoms with E-state index in [-0.39, 0.29) is 5.91 Å². The quantitative estimate of drug-likeness (QED) is 0.920. The fourth-order valence-electron chi connectivity index (χ4n) is 2.92. The first-order valence-corrected chi connectivity index (χ1v) is 7.96. The lowest BCUT2D eigenvalue weighted by atomic mass is 10.1. The van der Waals surface area contributed by atoms with Crippen molar-refractivity contribution < 1.29 is 4.79 Å². The molecular weight excluding hydrogens is 278 g/mol. The smallest absolute Gasteiger partial charge is 0.258 e. The minimum Gasteiger partial charge on any atom is -0.397 e. The second kappa shape index (κ2) is 5.59. The summed E-state index contributed by atoms with van der Waals surface area (Å²) in [5.74, 6) is 0.603. The zero-order valence-corrected chi connectivity index (χ0v) is 13.5. The van der Waals surface area contributed by atoms with Gasteiger partial charge in [-0.15, -0.1) is 0 Å². The molecule has 0 saturated carbocycles. The van der Waals surface area contributed by atoms with E-state index >= 15 is 0 Å². The van der Waals surface area contributed by atoms with Crippen molar-refractivity contribution in [2.45, 2.75) is 46.7 Å². The van der Waals surface area contributed by atoms with Crippen LogP contribution in [0.3, 0.4) is 0 Å². The number of rotatable bonds is 5. The van der Waals surface area contributed by atoms with Crippen molar-refractivity contribution in [2.75, 3.05) is 12.3 Å². The molecule has 0 atom stereocenters. The van der Waals surface area contributed by atoms with Crippen molar-refractivity contribution in [1.82, 2.24) is 19.7 Å². The molecule has 2 aromatic heterocycles. The van der Waals surface area contributed by atoms with E-state index in [4.69, 9.17) is 10.7 Å². The van der Waals surface area contributed by atoms with Gasteiger partial charge in [-0.1, -0.05) is 20.8 Å². The van der Waals surface area contributed by atoms with Gasteiger partial charge in [0, 0.05) is 13.1 Å². The van der Waals surface area contributed by atoms with E-state index in [9.17, 15) is 4.79 Å². The van der Waals surface area contributed by atoms with Crippen LogP contribution in [0.2, 0.25) is 0 Å². The predicted molar refractivity (Wildman–Crippen MR) is 86.4 cm³/mol. The van der Waals surface area contributed by atoms with Gasteiger partial charge < -0.3 is 10.6 Å². The molecule has 0 fully saturated rings. The van der Waals surface area contributed by atoms with Crippen molar-refractivity contribution in [1.29, 1.82) is 0 Å². The summed E-state index contributed by atoms with van der Waals surface area (Å²) in [6.45, 7) is 8.55. The molecule has 1 aliphatic heterocycles. The zero-order valence-electron chi connectivity index (χ0n) is 13.5. The first kappa shape index (κ1) is 14.8. The van der Waals surface area contributed by atoms with Crippen LogP contribution >= 0.6 is 0 Å². The molecule has 3 heterocycles. The number of carbonyl (C=O) groups excluding carboxylic acids is 1. The highest BCUT2D eigenvalue weighted by atomic mass is 16.2. The Morgan fingerprint density at radius 3 is 2.82 bits per heavy atom. The average Bonchev–Trinajstić information content (AvgIpc) is 3.00. The van der Waals surface area contributed by atoms with Crippen molar-refractivity contribution in [2.24, 2.45) is 5.92 Å². The fraction of sp³-hybridized carbons (Fsp3) is 0.562. The summed E-state index contributed by atoms with van der Waals surface area (Å²) < 4.78 is 1.90. The fourth-order valence-corrected chi connectivity index (χ4v) is 2.92. The van der Waals surface area contributed by atoms with Crippen molar-refractivity contribution in [3.8, 4) is 0 Å². The molecule has 1 amide bonds. The Morgan fingerprint density at radius 2 is 2.14 bits per heavy atom. The Kier molecular flexibility index (Phi) is 3.76. The molecule has 6 heteroatoms. The van der Waals surface area contributed by atoms with E-state index < -0.39 is 0 Å². The zero-order chi connectivity index (χ0) is 15.9. The Hall–Kier alpha value is -2.11. The van der Waals surface area contributed by atoms with Gasteiger partial charge in [0.1, 0.15) is 0 Å². The molecule has 1 aliphatic rings. The van der Waals surface area contributed by atoms with E-state index in [0.29, 0.717) is 23.7 Å². The first-order chi connectivity index (χ1) is 10.5. The van der Waals surface area contributed by atoms with E-state index in [2.05, 4.69) is 25.9 Å². The van der Waals surface area contributed by atoms with Gasteiger partial charge in [0.15, 0.2) is 5.65 Å². The predicted octanol–water partition coefficient (Wildman–Crippen LogP) is 2.43. The maximum absolute atomic E-state index is 12.5. The number of anilines is 1. The van der Waals surface area contributed by atoms with E-state index in [1.54, 1.807) is 6.20 Å². The van der Waals surface area contributed by atoms with Gasteiger partial charge in [0.25, 0.3) is 5.91 Å². The number of hydrogen-bond donors (Lipinski definition) is 1. The Morgan fingerprint density at radius 1 is 1.36 bits per heavy atom. The summed E-state index contributed by atoms with van der Waals surface area (Å²) in [5.41, 5.74) is 8.93. The Bertz CT molecular complexity index is 719. The normalized spacial score (nSPS) is 14.4. The highest BCUT2D eigenvalue weighted by Gasteiger charge is 2.32. The third kappa shape index (κ3) is 2.32. The number of nitrogen functional groups attached to an aromatic ring is 1. The monoisotopic (exact) mass is 301 g/mol. The molecule has 0 saturated heterocycles. The van der Waals surface area contributed by atoms with Gasteiger partial charge >= 0.3 is 0 Å². The third-order valence-corrected chi connectivity index (χ3v) is 4.15. The molecule has 6 nitrogen and oxygen atoms in total. The molecule has 0 aliphatic carbocycles. The molecule has 0 spiro atoms. The number of fused-ring (bicyclic) bond motifs is 2. The van der Waals surface area contributed by atoms with Crippen LogP contribution in [-0.2, 0) is 13.1 Å². The van der Waals surface area contributed by atoms with Crippen LogP contribution in [0.5, 0.6) is 0 Å². The number of amides is 1. The molecule has 2 N–H and O–H groups in total. The van der Waals surface area contributed by atoms with Crippen LogP contribution in [0.25, 0.3) is 11.0 Å². The summed E-state index contributed by atoms with van der Waals surface area (Å²) in [6.07, 6.45) is 3.70. The maximum atomic E-state index is 12.5. The highest BCUT2D eigenvalue weighted by molar-refractivity contribution is 6.08. The van der Waals surface area contributed by atoms with Gasteiger partial charge in [0.2, 0.25) is 0 Å². The third-order valence-electron chi connectivity index (χ3n) is 4.15. The number of aromatic nitrogens is 3. The summed E-state index contributed by atoms with van der Waals surface area (Å²) in [4.78, 5) is 19.0. The van der Waals surface area contributed by atoms with E-state index in [1.807, 2.05) is 9.58 Å². The van der Waals surface area contributed by atoms with Crippen LogP contribution in [-0.4, -0.2) is 32.1 Å². The maximum Gasteiger partial charge on any atom is 0.258 e. The molecule has 0 radical (unpaired) electrons. The van der Waals surface area contributed by atoms with Gasteiger partial charge in [-0.05, 0) is 18.8 Å². The van der Waals surface area contributed by atoms with Gasteiger partial charge in [-0.25, -0.2) is 9.67 Å². The highest BCUT2D eigenvalue weighted by Crippen LogP contribution is 2.32. The minimum atomic E-state index is -0.00122. The van der Waals surface area contributed by atoms with Crippen molar-refractivity contribution in [3.05, 3.63) is 17.5 Å². The molecule has 118 valence electrons. The molecule has 22 heavy (non-hydrogen) atoms. The van der Waals surface area contributed by atoms with Gasteiger partial charge in [-0.3, -0.25) is 4.79 Å².